The van der Waals surface area contributed by atoms with Gasteiger partial charge in [-0.1, -0.05) is 12.2 Å². The fraction of sp³-hybridized carbons (Fsp3) is 0.526. The molecule has 0 radical (unpaired) electrons. The smallest absolute Gasteiger partial charge is 0.408 e. The standard InChI is InChI=1S/C38H47N7O10S/c1-37(2,3)55-36(49)40-29-22-53-16-7-5-6-9-24-20-38(24,35(48)43-56(50,51)27-11-12-27)42-32(46)30-19-26(21-44(30)34(29)47)54-33-28-13-10-25(52-4)17-23(28)18-31(41-33)45-15-8-14-39-45/h6,8-10,13-15,17-18,24,26-27,29-30H,5,7,11-12,16,19-22H2,1-4H3,(H,40,49)(H,42,46)(H,43,48)/t24-,26?,29+,30+,38-/m1/s1. The zero-order valence-electron chi connectivity index (χ0n) is 31.7. The molecule has 0 bridgehead atoms. The number of hydrogen-bond donors (Lipinski definition) is 3. The van der Waals surface area contributed by atoms with Gasteiger partial charge < -0.3 is 34.5 Å². The predicted molar refractivity (Wildman–Crippen MR) is 201 cm³/mol. The van der Waals surface area contributed by atoms with Crippen molar-refractivity contribution in [2.75, 3.05) is 26.9 Å². The number of benzene rings is 1. The van der Waals surface area contributed by atoms with E-state index in [-0.39, 0.29) is 38.5 Å². The Morgan fingerprint density at radius 3 is 2.66 bits per heavy atom. The quantitative estimate of drug-likeness (QED) is 0.281. The summed E-state index contributed by atoms with van der Waals surface area (Å²) in [6, 6.07) is 6.53. The Morgan fingerprint density at radius 1 is 1.14 bits per heavy atom. The van der Waals surface area contributed by atoms with Gasteiger partial charge in [-0.25, -0.2) is 17.9 Å². The van der Waals surface area contributed by atoms with Gasteiger partial charge in [0.05, 0.1) is 25.5 Å². The molecule has 1 saturated heterocycles. The number of fused-ring (bicyclic) bond motifs is 3. The number of alkyl carbamates (subject to hydrolysis) is 1. The van der Waals surface area contributed by atoms with Gasteiger partial charge >= 0.3 is 6.09 Å². The number of nitrogens with one attached hydrogen (secondary N) is 3. The number of carbonyl (C=O) groups is 4. The average Bonchev–Trinajstić information content (AvgIpc) is 4.00. The van der Waals surface area contributed by atoms with Crippen molar-refractivity contribution in [1.82, 2.24) is 35.0 Å². The first kappa shape index (κ1) is 39.0. The van der Waals surface area contributed by atoms with Crippen LogP contribution in [0, 0.1) is 5.92 Å². The maximum Gasteiger partial charge on any atom is 0.408 e. The van der Waals surface area contributed by atoms with Crippen LogP contribution in [0.25, 0.3) is 16.6 Å². The van der Waals surface area contributed by atoms with Crippen LogP contribution in [0.2, 0.25) is 0 Å². The van der Waals surface area contributed by atoms with Crippen LogP contribution in [0.5, 0.6) is 11.6 Å². The molecule has 7 rings (SSSR count). The summed E-state index contributed by atoms with van der Waals surface area (Å²) in [6.45, 7) is 5.03. The van der Waals surface area contributed by atoms with Crippen LogP contribution in [0.1, 0.15) is 59.3 Å². The highest BCUT2D eigenvalue weighted by Gasteiger charge is 2.62. The van der Waals surface area contributed by atoms with Crippen molar-refractivity contribution >= 4 is 44.6 Å². The molecule has 56 heavy (non-hydrogen) atoms. The molecule has 3 N–H and O–H groups in total. The predicted octanol–water partition coefficient (Wildman–Crippen LogP) is 2.52. The Bertz CT molecular complexity index is 2130. The molecule has 0 spiro atoms. The van der Waals surface area contributed by atoms with E-state index in [4.69, 9.17) is 23.9 Å². The van der Waals surface area contributed by atoms with Crippen LogP contribution in [0.4, 0.5) is 4.79 Å². The summed E-state index contributed by atoms with van der Waals surface area (Å²) in [7, 11) is -2.36. The van der Waals surface area contributed by atoms with E-state index < -0.39 is 74.3 Å². The van der Waals surface area contributed by atoms with Crippen LogP contribution in [0.3, 0.4) is 0 Å². The number of pyridine rings is 1. The Morgan fingerprint density at radius 2 is 1.95 bits per heavy atom. The average molecular weight is 794 g/mol. The number of ether oxygens (including phenoxy) is 4. The van der Waals surface area contributed by atoms with E-state index in [1.807, 2.05) is 18.2 Å². The minimum Gasteiger partial charge on any atom is -0.497 e. The van der Waals surface area contributed by atoms with Crippen molar-refractivity contribution in [2.24, 2.45) is 5.92 Å². The molecule has 3 fully saturated rings. The topological polar surface area (TPSA) is 209 Å². The molecule has 1 unspecified atom stereocenters. The number of methoxy groups -OCH3 is 1. The summed E-state index contributed by atoms with van der Waals surface area (Å²) < 4.78 is 52.8. The zero-order valence-corrected chi connectivity index (χ0v) is 32.5. The van der Waals surface area contributed by atoms with Crippen molar-refractivity contribution in [2.45, 2.75) is 93.9 Å². The van der Waals surface area contributed by atoms with Gasteiger partial charge in [-0.2, -0.15) is 10.1 Å². The molecule has 5 atom stereocenters. The number of rotatable bonds is 8. The number of amides is 4. The molecule has 4 aliphatic rings. The van der Waals surface area contributed by atoms with Crippen molar-refractivity contribution < 1.29 is 46.5 Å². The van der Waals surface area contributed by atoms with E-state index in [1.54, 1.807) is 69.2 Å². The summed E-state index contributed by atoms with van der Waals surface area (Å²) in [5, 5.41) is 10.5. The van der Waals surface area contributed by atoms with Crippen LogP contribution in [-0.4, -0.2) is 113 Å². The molecule has 4 amide bonds. The Balaban J connectivity index is 1.22. The molecule has 4 heterocycles. The molecule has 17 nitrogen and oxygen atoms in total. The number of aromatic nitrogens is 3. The highest BCUT2D eigenvalue weighted by Crippen LogP contribution is 2.46. The lowest BCUT2D eigenvalue weighted by Gasteiger charge is -2.30. The second kappa shape index (κ2) is 15.4. The van der Waals surface area contributed by atoms with Crippen LogP contribution < -0.4 is 24.8 Å². The highest BCUT2D eigenvalue weighted by atomic mass is 32.2. The lowest BCUT2D eigenvalue weighted by Crippen LogP contribution is -2.59. The van der Waals surface area contributed by atoms with Gasteiger partial charge in [0.25, 0.3) is 5.91 Å². The zero-order chi connectivity index (χ0) is 39.8. The summed E-state index contributed by atoms with van der Waals surface area (Å²) in [5.41, 5.74) is -2.41. The van der Waals surface area contributed by atoms with E-state index in [1.165, 1.54) is 4.90 Å². The lowest BCUT2D eigenvalue weighted by atomic mass is 10.1. The van der Waals surface area contributed by atoms with Gasteiger partial charge in [-0.05, 0) is 88.6 Å². The second-order valence-electron chi connectivity index (χ2n) is 15.6. The SMILES string of the molecule is COc1ccc2c(OC3C[C@H]4C(=O)N[C@]5(C(=O)NS(=O)(=O)C6CC6)C[C@H]5C=CCCCOC[C@H](NC(=O)OC(C)(C)C)C(=O)N4C3)nc(-n3cccn3)cc2c1. The summed E-state index contributed by atoms with van der Waals surface area (Å²) in [5.74, 6) is -1.34. The molecular formula is C38H47N7O10S. The number of sulfonamides is 1. The third kappa shape index (κ3) is 8.60. The van der Waals surface area contributed by atoms with Gasteiger partial charge in [-0.3, -0.25) is 19.1 Å². The number of hydrogen-bond acceptors (Lipinski definition) is 12. The molecule has 1 aromatic carbocycles. The van der Waals surface area contributed by atoms with Crippen LogP contribution >= 0.6 is 0 Å². The second-order valence-corrected chi connectivity index (χ2v) is 17.6. The molecule has 2 aliphatic carbocycles. The van der Waals surface area contributed by atoms with Gasteiger partial charge in [0.15, 0.2) is 5.82 Å². The minimum atomic E-state index is -3.92. The number of nitrogens with zero attached hydrogens (tertiary/aromatic N) is 4. The van der Waals surface area contributed by atoms with Crippen molar-refractivity contribution in [3.05, 3.63) is 54.9 Å². The molecule has 2 aromatic heterocycles. The molecule has 300 valence electrons. The first-order chi connectivity index (χ1) is 26.7. The maximum atomic E-state index is 14.5. The maximum absolute atomic E-state index is 14.5. The summed E-state index contributed by atoms with van der Waals surface area (Å²) in [4.78, 5) is 61.8. The van der Waals surface area contributed by atoms with Gasteiger partial charge in [0.2, 0.25) is 27.7 Å². The van der Waals surface area contributed by atoms with Crippen molar-refractivity contribution in [3.8, 4) is 17.4 Å². The van der Waals surface area contributed by atoms with E-state index in [0.717, 1.165) is 5.39 Å². The fourth-order valence-corrected chi connectivity index (χ4v) is 8.38. The Kier molecular flexibility index (Phi) is 10.7. The van der Waals surface area contributed by atoms with Crippen molar-refractivity contribution in [1.29, 1.82) is 0 Å². The molecular weight excluding hydrogens is 747 g/mol. The largest absolute Gasteiger partial charge is 0.497 e. The monoisotopic (exact) mass is 793 g/mol. The number of carbonyl (C=O) groups excluding carboxylic acids is 4. The van der Waals surface area contributed by atoms with Crippen LogP contribution in [0.15, 0.2) is 54.9 Å². The van der Waals surface area contributed by atoms with Crippen LogP contribution in [-0.2, 0) is 33.9 Å². The van der Waals surface area contributed by atoms with Gasteiger partial charge in [0.1, 0.15) is 35.1 Å². The third-order valence-corrected chi connectivity index (χ3v) is 11.9. The fourth-order valence-electron chi connectivity index (χ4n) is 7.02. The number of allylic oxidation sites excluding steroid dienone is 1. The Hall–Kier alpha value is -5.23. The summed E-state index contributed by atoms with van der Waals surface area (Å²) >= 11 is 0. The molecule has 2 aliphatic heterocycles. The van der Waals surface area contributed by atoms with E-state index in [2.05, 4.69) is 20.5 Å². The lowest BCUT2D eigenvalue weighted by molar-refractivity contribution is -0.142. The third-order valence-electron chi connectivity index (χ3n) is 10.1. The normalized spacial score (nSPS) is 25.9. The first-order valence-electron chi connectivity index (χ1n) is 18.7. The Labute approximate surface area is 324 Å². The molecule has 18 heteroatoms. The summed E-state index contributed by atoms with van der Waals surface area (Å²) in [6.07, 6.45) is 7.54. The van der Waals surface area contributed by atoms with E-state index in [0.29, 0.717) is 42.6 Å². The first-order valence-corrected chi connectivity index (χ1v) is 20.3. The minimum absolute atomic E-state index is 0.0263. The molecule has 3 aromatic rings. The van der Waals surface area contributed by atoms with E-state index in [9.17, 15) is 27.6 Å². The molecule has 2 saturated carbocycles. The highest BCUT2D eigenvalue weighted by molar-refractivity contribution is 7.91. The van der Waals surface area contributed by atoms with Gasteiger partial charge in [-0.15, -0.1) is 0 Å². The van der Waals surface area contributed by atoms with E-state index >= 15 is 0 Å². The van der Waals surface area contributed by atoms with Gasteiger partial charge in [0, 0.05) is 36.7 Å². The van der Waals surface area contributed by atoms with Crippen molar-refractivity contribution in [3.63, 3.8) is 0 Å².